The first-order valence-corrected chi connectivity index (χ1v) is 6.39. The van der Waals surface area contributed by atoms with Crippen LogP contribution in [0.25, 0.3) is 0 Å². The summed E-state index contributed by atoms with van der Waals surface area (Å²) in [5, 5.41) is 3.05. The lowest BCUT2D eigenvalue weighted by Gasteiger charge is -2.16. The molecule has 0 aliphatic carbocycles. The van der Waals surface area contributed by atoms with Crippen molar-refractivity contribution >= 4 is 15.8 Å². The summed E-state index contributed by atoms with van der Waals surface area (Å²) in [4.78, 5) is 0. The van der Waals surface area contributed by atoms with Gasteiger partial charge in [0.25, 0.3) is 10.1 Å². The smallest absolute Gasteiger partial charge is 0.266 e. The van der Waals surface area contributed by atoms with Crippen molar-refractivity contribution in [1.29, 1.82) is 0 Å². The maximum absolute atomic E-state index is 10.7. The molecule has 0 saturated heterocycles. The number of hydrogen-bond donors (Lipinski definition) is 2. The third kappa shape index (κ3) is 4.80. The van der Waals surface area contributed by atoms with Gasteiger partial charge in [-0.3, -0.25) is 4.55 Å². The van der Waals surface area contributed by atoms with Crippen molar-refractivity contribution in [3.63, 3.8) is 0 Å². The Balaban J connectivity index is 2.63. The third-order valence-corrected chi connectivity index (χ3v) is 2.87. The Morgan fingerprint density at radius 2 is 1.93 bits per heavy atom. The fourth-order valence-corrected chi connectivity index (χ4v) is 2.11. The predicted octanol–water partition coefficient (Wildman–Crippen LogP) is 1.76. The van der Waals surface area contributed by atoms with Crippen molar-refractivity contribution in [1.82, 2.24) is 0 Å². The average molecular weight is 229 g/mol. The Bertz CT molecular complexity index is 388. The van der Waals surface area contributed by atoms with E-state index < -0.39 is 10.1 Å². The van der Waals surface area contributed by atoms with E-state index >= 15 is 0 Å². The van der Waals surface area contributed by atoms with Gasteiger partial charge in [0.15, 0.2) is 0 Å². The first kappa shape index (κ1) is 12.0. The van der Waals surface area contributed by atoms with Crippen LogP contribution in [0.4, 0.5) is 5.69 Å². The molecule has 1 unspecified atom stereocenters. The van der Waals surface area contributed by atoms with Gasteiger partial charge in [-0.05, 0) is 18.6 Å². The van der Waals surface area contributed by atoms with E-state index in [9.17, 15) is 8.42 Å². The van der Waals surface area contributed by atoms with Gasteiger partial charge in [0.05, 0.1) is 5.75 Å². The Morgan fingerprint density at radius 3 is 2.40 bits per heavy atom. The molecule has 0 fully saturated rings. The first-order valence-electron chi connectivity index (χ1n) is 4.78. The maximum atomic E-state index is 10.7. The number of benzene rings is 1. The first-order chi connectivity index (χ1) is 7.01. The van der Waals surface area contributed by atoms with Gasteiger partial charge in [-0.2, -0.15) is 8.42 Å². The van der Waals surface area contributed by atoms with Gasteiger partial charge in [-0.25, -0.2) is 0 Å². The monoisotopic (exact) mass is 229 g/mol. The zero-order valence-electron chi connectivity index (χ0n) is 8.55. The lowest BCUT2D eigenvalue weighted by molar-refractivity contribution is 0.477. The molecule has 0 saturated carbocycles. The topological polar surface area (TPSA) is 66.4 Å². The highest BCUT2D eigenvalue weighted by atomic mass is 32.2. The van der Waals surface area contributed by atoms with Gasteiger partial charge in [0, 0.05) is 11.7 Å². The van der Waals surface area contributed by atoms with Crippen molar-refractivity contribution in [3.8, 4) is 0 Å². The molecular weight excluding hydrogens is 214 g/mol. The summed E-state index contributed by atoms with van der Waals surface area (Å²) in [6.45, 7) is 1.87. The van der Waals surface area contributed by atoms with E-state index in [1.54, 1.807) is 0 Å². The van der Waals surface area contributed by atoms with Crippen molar-refractivity contribution in [2.75, 3.05) is 11.1 Å². The molecule has 84 valence electrons. The average Bonchev–Trinajstić information content (AvgIpc) is 2.16. The highest BCUT2D eigenvalue weighted by molar-refractivity contribution is 7.85. The van der Waals surface area contributed by atoms with Crippen LogP contribution >= 0.6 is 0 Å². The van der Waals surface area contributed by atoms with Gasteiger partial charge in [0.1, 0.15) is 0 Å². The highest BCUT2D eigenvalue weighted by Crippen LogP contribution is 2.09. The Morgan fingerprint density at radius 1 is 1.33 bits per heavy atom. The molecule has 0 amide bonds. The van der Waals surface area contributed by atoms with Crippen molar-refractivity contribution in [2.24, 2.45) is 0 Å². The van der Waals surface area contributed by atoms with Gasteiger partial charge in [-0.1, -0.05) is 25.1 Å². The summed E-state index contributed by atoms with van der Waals surface area (Å²) in [7, 11) is -3.92. The summed E-state index contributed by atoms with van der Waals surface area (Å²) in [6.07, 6.45) is 0.634. The van der Waals surface area contributed by atoms with Gasteiger partial charge >= 0.3 is 0 Å². The zero-order chi connectivity index (χ0) is 11.3. The number of nitrogens with one attached hydrogen (secondary N) is 1. The molecule has 1 rings (SSSR count). The van der Waals surface area contributed by atoms with Gasteiger partial charge < -0.3 is 5.32 Å². The molecule has 0 spiro atoms. The quantitative estimate of drug-likeness (QED) is 0.755. The summed E-state index contributed by atoms with van der Waals surface area (Å²) in [5.41, 5.74) is 0.855. The van der Waals surface area contributed by atoms with Crippen LogP contribution in [0.15, 0.2) is 30.3 Å². The number of anilines is 1. The molecule has 5 heteroatoms. The summed E-state index contributed by atoms with van der Waals surface area (Å²) in [5.74, 6) is -0.265. The molecule has 4 nitrogen and oxygen atoms in total. The SMILES string of the molecule is CCC(CS(=O)(=O)O)Nc1ccccc1. The van der Waals surface area contributed by atoms with Crippen LogP contribution in [-0.4, -0.2) is 24.8 Å². The van der Waals surface area contributed by atoms with E-state index in [0.717, 1.165) is 5.69 Å². The second-order valence-corrected chi connectivity index (χ2v) is 4.86. The minimum absolute atomic E-state index is 0.262. The molecule has 0 heterocycles. The van der Waals surface area contributed by atoms with Crippen molar-refractivity contribution < 1.29 is 13.0 Å². The third-order valence-electron chi connectivity index (χ3n) is 2.05. The van der Waals surface area contributed by atoms with E-state index in [1.807, 2.05) is 37.3 Å². The zero-order valence-corrected chi connectivity index (χ0v) is 9.37. The highest BCUT2D eigenvalue weighted by Gasteiger charge is 2.14. The molecule has 1 atom stereocenters. The maximum Gasteiger partial charge on any atom is 0.266 e. The number of rotatable bonds is 5. The molecule has 2 N–H and O–H groups in total. The summed E-state index contributed by atoms with van der Waals surface area (Å²) >= 11 is 0. The number of hydrogen-bond acceptors (Lipinski definition) is 3. The van der Waals surface area contributed by atoms with Crippen LogP contribution in [0.1, 0.15) is 13.3 Å². The Labute approximate surface area is 90.1 Å². The van der Waals surface area contributed by atoms with Crippen molar-refractivity contribution in [2.45, 2.75) is 19.4 Å². The molecular formula is C10H15NO3S. The lowest BCUT2D eigenvalue weighted by Crippen LogP contribution is -2.27. The normalized spacial score (nSPS) is 13.5. The largest absolute Gasteiger partial charge is 0.381 e. The molecule has 1 aromatic rings. The lowest BCUT2D eigenvalue weighted by atomic mass is 10.2. The second-order valence-electron chi connectivity index (χ2n) is 3.36. The van der Waals surface area contributed by atoms with Crippen molar-refractivity contribution in [3.05, 3.63) is 30.3 Å². The van der Waals surface area contributed by atoms with E-state index in [0.29, 0.717) is 6.42 Å². The minimum atomic E-state index is -3.92. The molecule has 0 aromatic heterocycles. The van der Waals surface area contributed by atoms with E-state index in [2.05, 4.69) is 5.32 Å². The van der Waals surface area contributed by atoms with Crippen LogP contribution in [0, 0.1) is 0 Å². The Kier molecular flexibility index (Phi) is 4.11. The van der Waals surface area contributed by atoms with Crippen LogP contribution in [0.2, 0.25) is 0 Å². The summed E-state index contributed by atoms with van der Waals surface area (Å²) < 4.78 is 30.1. The Hall–Kier alpha value is -1.07. The standard InChI is InChI=1S/C10H15NO3S/c1-2-9(8-15(12,13)14)11-10-6-4-3-5-7-10/h3-7,9,11H,2,8H2,1H3,(H,12,13,14). The molecule has 0 bridgehead atoms. The molecule has 1 aromatic carbocycles. The van der Waals surface area contributed by atoms with Crippen LogP contribution in [0.5, 0.6) is 0 Å². The second kappa shape index (κ2) is 5.14. The predicted molar refractivity (Wildman–Crippen MR) is 60.6 cm³/mol. The van der Waals surface area contributed by atoms with Crippen LogP contribution in [0.3, 0.4) is 0 Å². The van der Waals surface area contributed by atoms with E-state index in [-0.39, 0.29) is 11.8 Å². The van der Waals surface area contributed by atoms with Crippen LogP contribution in [-0.2, 0) is 10.1 Å². The molecule has 0 radical (unpaired) electrons. The minimum Gasteiger partial charge on any atom is -0.381 e. The summed E-state index contributed by atoms with van der Waals surface area (Å²) in [6, 6.07) is 9.06. The molecule has 0 aliphatic rings. The fraction of sp³-hybridized carbons (Fsp3) is 0.400. The molecule has 0 aliphatic heterocycles. The van der Waals surface area contributed by atoms with Gasteiger partial charge in [0.2, 0.25) is 0 Å². The number of para-hydroxylation sites is 1. The van der Waals surface area contributed by atoms with E-state index in [4.69, 9.17) is 4.55 Å². The van der Waals surface area contributed by atoms with Crippen LogP contribution < -0.4 is 5.32 Å². The van der Waals surface area contributed by atoms with E-state index in [1.165, 1.54) is 0 Å². The fourth-order valence-electron chi connectivity index (χ4n) is 1.29. The molecule has 15 heavy (non-hydrogen) atoms. The van der Waals surface area contributed by atoms with Gasteiger partial charge in [-0.15, -0.1) is 0 Å².